The van der Waals surface area contributed by atoms with Gasteiger partial charge in [0.05, 0.1) is 0 Å². The first-order valence-corrected chi connectivity index (χ1v) is 10.3. The third-order valence-corrected chi connectivity index (χ3v) is 5.78. The molecular weight excluding hydrogens is 418 g/mol. The fourth-order valence-corrected chi connectivity index (χ4v) is 3.97. The van der Waals surface area contributed by atoms with Gasteiger partial charge in [0.1, 0.15) is 5.58 Å². The number of benzene rings is 2. The molecule has 2 aromatic carbocycles. The van der Waals surface area contributed by atoms with E-state index in [2.05, 4.69) is 44.2 Å². The lowest BCUT2D eigenvalue weighted by molar-refractivity contribution is 0.0998. The van der Waals surface area contributed by atoms with Gasteiger partial charge in [-0.2, -0.15) is 0 Å². The van der Waals surface area contributed by atoms with Crippen LogP contribution in [0.15, 0.2) is 51.4 Å². The number of anilines is 1. The highest BCUT2D eigenvalue weighted by Gasteiger charge is 2.18. The van der Waals surface area contributed by atoms with Gasteiger partial charge in [0.2, 0.25) is 0 Å². The van der Waals surface area contributed by atoms with Crippen molar-refractivity contribution in [3.63, 3.8) is 0 Å². The van der Waals surface area contributed by atoms with Gasteiger partial charge in [0.25, 0.3) is 5.91 Å². The summed E-state index contributed by atoms with van der Waals surface area (Å²) in [6, 6.07) is 13.8. The lowest BCUT2D eigenvalue weighted by Crippen LogP contribution is -2.43. The van der Waals surface area contributed by atoms with Gasteiger partial charge in [-0.25, -0.2) is 0 Å². The van der Waals surface area contributed by atoms with Gasteiger partial charge < -0.3 is 14.6 Å². The number of carbonyl (C=O) groups is 1. The van der Waals surface area contributed by atoms with Gasteiger partial charge >= 0.3 is 0 Å². The van der Waals surface area contributed by atoms with Gasteiger partial charge in [-0.1, -0.05) is 28.1 Å². The van der Waals surface area contributed by atoms with E-state index in [0.717, 1.165) is 59.4 Å². The molecule has 1 saturated heterocycles. The van der Waals surface area contributed by atoms with Crippen LogP contribution >= 0.6 is 15.9 Å². The summed E-state index contributed by atoms with van der Waals surface area (Å²) in [6.07, 6.45) is 0. The number of fused-ring (bicyclic) bond motifs is 1. The van der Waals surface area contributed by atoms with Crippen molar-refractivity contribution in [2.45, 2.75) is 13.5 Å². The van der Waals surface area contributed by atoms with Gasteiger partial charge in [-0.15, -0.1) is 0 Å². The van der Waals surface area contributed by atoms with Gasteiger partial charge in [-0.3, -0.25) is 9.69 Å². The molecule has 0 atom stereocenters. The summed E-state index contributed by atoms with van der Waals surface area (Å²) in [5.41, 5.74) is 3.56. The Morgan fingerprint density at radius 1 is 1.14 bits per heavy atom. The summed E-state index contributed by atoms with van der Waals surface area (Å²) in [7, 11) is 2.16. The number of hydrogen-bond donors (Lipinski definition) is 1. The highest BCUT2D eigenvalue weighted by Crippen LogP contribution is 2.28. The Morgan fingerprint density at radius 3 is 2.71 bits per heavy atom. The zero-order chi connectivity index (χ0) is 19.7. The Bertz CT molecular complexity index is 1010. The van der Waals surface area contributed by atoms with Crippen molar-refractivity contribution < 1.29 is 9.21 Å². The highest BCUT2D eigenvalue weighted by atomic mass is 79.9. The maximum absolute atomic E-state index is 12.8. The summed E-state index contributed by atoms with van der Waals surface area (Å²) < 4.78 is 6.77. The van der Waals surface area contributed by atoms with Crippen molar-refractivity contribution >= 4 is 38.5 Å². The van der Waals surface area contributed by atoms with Gasteiger partial charge in [-0.05, 0) is 49.9 Å². The van der Waals surface area contributed by atoms with Crippen LogP contribution in [0.2, 0.25) is 0 Å². The Labute approximate surface area is 173 Å². The molecule has 1 fully saturated rings. The van der Waals surface area contributed by atoms with Gasteiger partial charge in [0, 0.05) is 53.8 Å². The van der Waals surface area contributed by atoms with E-state index in [1.807, 2.05) is 43.3 Å². The molecule has 1 aromatic heterocycles. The Morgan fingerprint density at radius 2 is 1.93 bits per heavy atom. The van der Waals surface area contributed by atoms with E-state index >= 15 is 0 Å². The molecule has 1 aliphatic heterocycles. The van der Waals surface area contributed by atoms with Crippen LogP contribution in [0, 0.1) is 6.92 Å². The number of hydrogen-bond acceptors (Lipinski definition) is 4. The number of aryl methyl sites for hydroxylation is 1. The number of amides is 1. The number of likely N-dealkylation sites (N-methyl/N-ethyl adjacent to an activating group) is 1. The molecule has 0 saturated carbocycles. The molecule has 0 radical (unpaired) electrons. The SMILES string of the molecule is Cc1c(C(=O)Nc2cccc(CN3CCN(C)CC3)c2)oc2ccc(Br)cc12. The van der Waals surface area contributed by atoms with Crippen LogP contribution in [0.25, 0.3) is 11.0 Å². The van der Waals surface area contributed by atoms with Crippen molar-refractivity contribution in [3.05, 3.63) is 63.8 Å². The highest BCUT2D eigenvalue weighted by molar-refractivity contribution is 9.10. The van der Waals surface area contributed by atoms with Crippen molar-refractivity contribution in [1.29, 1.82) is 0 Å². The third-order valence-electron chi connectivity index (χ3n) is 5.29. The fourth-order valence-electron chi connectivity index (χ4n) is 3.61. The summed E-state index contributed by atoms with van der Waals surface area (Å²) >= 11 is 3.47. The number of nitrogens with zero attached hydrogens (tertiary/aromatic N) is 2. The number of halogens is 1. The zero-order valence-electron chi connectivity index (χ0n) is 16.2. The standard InChI is InChI=1S/C22H24BrN3O2/c1-15-19-13-17(23)6-7-20(19)28-21(15)22(27)24-18-5-3-4-16(12-18)14-26-10-8-25(2)9-11-26/h3-7,12-13H,8-11,14H2,1-2H3,(H,24,27). The molecule has 28 heavy (non-hydrogen) atoms. The maximum Gasteiger partial charge on any atom is 0.291 e. The largest absolute Gasteiger partial charge is 0.451 e. The topological polar surface area (TPSA) is 48.7 Å². The minimum absolute atomic E-state index is 0.221. The first-order chi connectivity index (χ1) is 13.5. The van der Waals surface area contributed by atoms with E-state index < -0.39 is 0 Å². The monoisotopic (exact) mass is 441 g/mol. The van der Waals surface area contributed by atoms with E-state index in [1.165, 1.54) is 5.56 Å². The molecule has 5 nitrogen and oxygen atoms in total. The third kappa shape index (κ3) is 4.14. The first kappa shape index (κ1) is 19.2. The van der Waals surface area contributed by atoms with Crippen LogP contribution in [0.3, 0.4) is 0 Å². The first-order valence-electron chi connectivity index (χ1n) is 9.49. The van der Waals surface area contributed by atoms with E-state index in [1.54, 1.807) is 0 Å². The van der Waals surface area contributed by atoms with Crippen molar-refractivity contribution in [1.82, 2.24) is 9.80 Å². The second-order valence-electron chi connectivity index (χ2n) is 7.43. The molecule has 2 heterocycles. The van der Waals surface area contributed by atoms with E-state index in [-0.39, 0.29) is 5.91 Å². The molecule has 0 aliphatic carbocycles. The van der Waals surface area contributed by atoms with E-state index in [9.17, 15) is 4.79 Å². The summed E-state index contributed by atoms with van der Waals surface area (Å²) in [6.45, 7) is 7.14. The molecule has 146 valence electrons. The number of rotatable bonds is 4. The lowest BCUT2D eigenvalue weighted by Gasteiger charge is -2.32. The second kappa shape index (κ2) is 8.07. The van der Waals surface area contributed by atoms with Crippen molar-refractivity contribution in [2.24, 2.45) is 0 Å². The molecule has 1 amide bonds. The summed E-state index contributed by atoms with van der Waals surface area (Å²) in [4.78, 5) is 17.6. The molecular formula is C22H24BrN3O2. The van der Waals surface area contributed by atoms with Crippen LogP contribution in [0.5, 0.6) is 0 Å². The number of furan rings is 1. The van der Waals surface area contributed by atoms with Crippen LogP contribution in [0.1, 0.15) is 21.7 Å². The molecule has 4 rings (SSSR count). The Hall–Kier alpha value is -2.15. The molecule has 0 spiro atoms. The predicted molar refractivity (Wildman–Crippen MR) is 116 cm³/mol. The molecule has 0 unspecified atom stereocenters. The Balaban J connectivity index is 1.48. The predicted octanol–water partition coefficient (Wildman–Crippen LogP) is 4.50. The minimum Gasteiger partial charge on any atom is -0.451 e. The molecule has 1 aliphatic rings. The van der Waals surface area contributed by atoms with Crippen LogP contribution in [-0.4, -0.2) is 48.9 Å². The van der Waals surface area contributed by atoms with Crippen LogP contribution in [0.4, 0.5) is 5.69 Å². The molecule has 1 N–H and O–H groups in total. The number of carbonyl (C=O) groups excluding carboxylic acids is 1. The average Bonchev–Trinajstić information content (AvgIpc) is 3.00. The Kier molecular flexibility index (Phi) is 5.53. The normalized spacial score (nSPS) is 15.8. The quantitative estimate of drug-likeness (QED) is 0.647. The van der Waals surface area contributed by atoms with E-state index in [0.29, 0.717) is 5.76 Å². The van der Waals surface area contributed by atoms with Gasteiger partial charge in [0.15, 0.2) is 5.76 Å². The smallest absolute Gasteiger partial charge is 0.291 e. The fraction of sp³-hybridized carbons (Fsp3) is 0.318. The van der Waals surface area contributed by atoms with E-state index in [4.69, 9.17) is 4.42 Å². The molecule has 3 aromatic rings. The molecule has 0 bridgehead atoms. The number of nitrogens with one attached hydrogen (secondary N) is 1. The van der Waals surface area contributed by atoms with Crippen molar-refractivity contribution in [2.75, 3.05) is 38.5 Å². The maximum atomic E-state index is 12.8. The minimum atomic E-state index is -0.221. The summed E-state index contributed by atoms with van der Waals surface area (Å²) in [5.74, 6) is 0.138. The zero-order valence-corrected chi connectivity index (χ0v) is 17.8. The van der Waals surface area contributed by atoms with Crippen LogP contribution in [-0.2, 0) is 6.54 Å². The summed E-state index contributed by atoms with van der Waals surface area (Å²) in [5, 5.41) is 3.94. The lowest BCUT2D eigenvalue weighted by atomic mass is 10.1. The van der Waals surface area contributed by atoms with Crippen molar-refractivity contribution in [3.8, 4) is 0 Å². The number of piperazine rings is 1. The molecule has 6 heteroatoms. The second-order valence-corrected chi connectivity index (χ2v) is 8.35. The average molecular weight is 442 g/mol. The van der Waals surface area contributed by atoms with Crippen LogP contribution < -0.4 is 5.32 Å².